The molecule has 0 aromatic heterocycles. The molecule has 0 aliphatic rings. The largest absolute Gasteiger partial charge is 0.493 e. The van der Waals surface area contributed by atoms with Crippen molar-refractivity contribution in [3.63, 3.8) is 0 Å². The predicted octanol–water partition coefficient (Wildman–Crippen LogP) is 3.84. The number of benzene rings is 1. The van der Waals surface area contributed by atoms with Crippen molar-refractivity contribution in [3.05, 3.63) is 29.8 Å². The Hall–Kier alpha value is -1.51. The molecule has 3 nitrogen and oxygen atoms in total. The number of amides is 1. The van der Waals surface area contributed by atoms with E-state index in [0.717, 1.165) is 13.1 Å². The van der Waals surface area contributed by atoms with E-state index in [1.54, 1.807) is 0 Å². The third kappa shape index (κ3) is 4.87. The van der Waals surface area contributed by atoms with E-state index in [-0.39, 0.29) is 5.91 Å². The Balaban J connectivity index is 2.98. The second-order valence-electron chi connectivity index (χ2n) is 5.93. The van der Waals surface area contributed by atoms with Crippen LogP contribution in [-0.2, 0) is 0 Å². The van der Waals surface area contributed by atoms with E-state index >= 15 is 0 Å². The van der Waals surface area contributed by atoms with Gasteiger partial charge in [0.15, 0.2) is 0 Å². The summed E-state index contributed by atoms with van der Waals surface area (Å²) in [5, 5.41) is 0. The minimum Gasteiger partial charge on any atom is -0.493 e. The van der Waals surface area contributed by atoms with Gasteiger partial charge in [0.1, 0.15) is 5.75 Å². The Morgan fingerprint density at radius 1 is 1.10 bits per heavy atom. The summed E-state index contributed by atoms with van der Waals surface area (Å²) < 4.78 is 5.57. The number of para-hydroxylation sites is 1. The lowest BCUT2D eigenvalue weighted by atomic mass is 10.1. The second kappa shape index (κ2) is 7.93. The molecular formula is C17H27NO2. The van der Waals surface area contributed by atoms with E-state index in [4.69, 9.17) is 4.74 Å². The molecule has 0 heterocycles. The highest BCUT2D eigenvalue weighted by Crippen LogP contribution is 2.21. The van der Waals surface area contributed by atoms with Gasteiger partial charge in [-0.3, -0.25) is 4.79 Å². The van der Waals surface area contributed by atoms with Crippen LogP contribution in [0.4, 0.5) is 0 Å². The molecule has 3 heteroatoms. The summed E-state index contributed by atoms with van der Waals surface area (Å²) in [5.41, 5.74) is 0.663. The molecule has 1 aromatic rings. The number of rotatable bonds is 7. The highest BCUT2D eigenvalue weighted by atomic mass is 16.5. The molecule has 0 radical (unpaired) electrons. The van der Waals surface area contributed by atoms with Gasteiger partial charge in [-0.25, -0.2) is 0 Å². The van der Waals surface area contributed by atoms with Crippen molar-refractivity contribution in [2.24, 2.45) is 11.8 Å². The smallest absolute Gasteiger partial charge is 0.257 e. The molecule has 20 heavy (non-hydrogen) atoms. The van der Waals surface area contributed by atoms with Gasteiger partial charge in [0, 0.05) is 13.1 Å². The van der Waals surface area contributed by atoms with E-state index in [0.29, 0.717) is 29.8 Å². The number of hydrogen-bond acceptors (Lipinski definition) is 2. The highest BCUT2D eigenvalue weighted by molar-refractivity contribution is 5.97. The first kappa shape index (κ1) is 16.5. The van der Waals surface area contributed by atoms with Crippen LogP contribution in [0.3, 0.4) is 0 Å². The quantitative estimate of drug-likeness (QED) is 0.758. The molecule has 1 aromatic carbocycles. The number of carbonyl (C=O) groups excluding carboxylic acids is 1. The summed E-state index contributed by atoms with van der Waals surface area (Å²) in [6, 6.07) is 7.50. The Morgan fingerprint density at radius 2 is 1.65 bits per heavy atom. The third-order valence-electron chi connectivity index (χ3n) is 2.88. The molecule has 0 atom stereocenters. The molecule has 0 saturated heterocycles. The van der Waals surface area contributed by atoms with Gasteiger partial charge in [-0.2, -0.15) is 0 Å². The number of ether oxygens (including phenoxy) is 1. The normalized spacial score (nSPS) is 10.9. The van der Waals surface area contributed by atoms with Gasteiger partial charge in [-0.15, -0.1) is 0 Å². The molecule has 0 aliphatic heterocycles. The van der Waals surface area contributed by atoms with Crippen LogP contribution in [-0.4, -0.2) is 30.5 Å². The van der Waals surface area contributed by atoms with Gasteiger partial charge < -0.3 is 9.64 Å². The standard InChI is InChI=1S/C17H27NO2/c1-6-20-16-10-8-7-9-15(16)17(19)18(11-13(2)3)12-14(4)5/h7-10,13-14H,6,11-12H2,1-5H3. The van der Waals surface area contributed by atoms with Gasteiger partial charge in [0.05, 0.1) is 12.2 Å². The Kier molecular flexibility index (Phi) is 6.56. The first-order valence-corrected chi connectivity index (χ1v) is 7.46. The zero-order chi connectivity index (χ0) is 15.1. The molecule has 0 fully saturated rings. The first-order chi connectivity index (χ1) is 9.45. The lowest BCUT2D eigenvalue weighted by molar-refractivity contribution is 0.0711. The lowest BCUT2D eigenvalue weighted by Crippen LogP contribution is -2.37. The van der Waals surface area contributed by atoms with Crippen molar-refractivity contribution in [1.82, 2.24) is 4.90 Å². The van der Waals surface area contributed by atoms with Crippen LogP contribution in [0.15, 0.2) is 24.3 Å². The van der Waals surface area contributed by atoms with E-state index < -0.39 is 0 Å². The van der Waals surface area contributed by atoms with Crippen LogP contribution < -0.4 is 4.74 Å². The van der Waals surface area contributed by atoms with E-state index in [2.05, 4.69) is 27.7 Å². The topological polar surface area (TPSA) is 29.5 Å². The van der Waals surface area contributed by atoms with Gasteiger partial charge >= 0.3 is 0 Å². The summed E-state index contributed by atoms with van der Waals surface area (Å²) in [5.74, 6) is 1.66. The van der Waals surface area contributed by atoms with E-state index in [1.165, 1.54) is 0 Å². The van der Waals surface area contributed by atoms with Crippen molar-refractivity contribution >= 4 is 5.91 Å². The molecule has 0 aliphatic carbocycles. The fraction of sp³-hybridized carbons (Fsp3) is 0.588. The SMILES string of the molecule is CCOc1ccccc1C(=O)N(CC(C)C)CC(C)C. The van der Waals surface area contributed by atoms with Crippen molar-refractivity contribution in [1.29, 1.82) is 0 Å². The summed E-state index contributed by atoms with van der Waals surface area (Å²) in [6.07, 6.45) is 0. The Bertz CT molecular complexity index is 417. The third-order valence-corrected chi connectivity index (χ3v) is 2.88. The lowest BCUT2D eigenvalue weighted by Gasteiger charge is -2.27. The fourth-order valence-electron chi connectivity index (χ4n) is 2.22. The molecular weight excluding hydrogens is 250 g/mol. The Morgan fingerprint density at radius 3 is 2.15 bits per heavy atom. The zero-order valence-electron chi connectivity index (χ0n) is 13.3. The average molecular weight is 277 g/mol. The van der Waals surface area contributed by atoms with Crippen LogP contribution >= 0.6 is 0 Å². The maximum Gasteiger partial charge on any atom is 0.257 e. The first-order valence-electron chi connectivity index (χ1n) is 7.46. The van der Waals surface area contributed by atoms with Crippen molar-refractivity contribution in [2.45, 2.75) is 34.6 Å². The Labute approximate surface area is 122 Å². The number of nitrogens with zero attached hydrogens (tertiary/aromatic N) is 1. The second-order valence-corrected chi connectivity index (χ2v) is 5.93. The molecule has 112 valence electrons. The summed E-state index contributed by atoms with van der Waals surface area (Å²) in [6.45, 7) is 12.6. The summed E-state index contributed by atoms with van der Waals surface area (Å²) in [4.78, 5) is 14.7. The molecule has 0 saturated carbocycles. The molecule has 1 amide bonds. The minimum atomic E-state index is 0.0662. The molecule has 1 rings (SSSR count). The molecule has 0 N–H and O–H groups in total. The highest BCUT2D eigenvalue weighted by Gasteiger charge is 2.20. The van der Waals surface area contributed by atoms with E-state index in [9.17, 15) is 4.79 Å². The molecule has 0 bridgehead atoms. The summed E-state index contributed by atoms with van der Waals surface area (Å²) >= 11 is 0. The molecule has 0 spiro atoms. The van der Waals surface area contributed by atoms with Crippen molar-refractivity contribution in [2.75, 3.05) is 19.7 Å². The van der Waals surface area contributed by atoms with Crippen LogP contribution in [0.5, 0.6) is 5.75 Å². The van der Waals surface area contributed by atoms with Crippen molar-refractivity contribution < 1.29 is 9.53 Å². The molecule has 0 unspecified atom stereocenters. The monoisotopic (exact) mass is 277 g/mol. The van der Waals surface area contributed by atoms with Gasteiger partial charge in [-0.05, 0) is 30.9 Å². The maximum atomic E-state index is 12.8. The predicted molar refractivity (Wildman–Crippen MR) is 83.2 cm³/mol. The maximum absolute atomic E-state index is 12.8. The van der Waals surface area contributed by atoms with Crippen molar-refractivity contribution in [3.8, 4) is 5.75 Å². The minimum absolute atomic E-state index is 0.0662. The van der Waals surface area contributed by atoms with E-state index in [1.807, 2.05) is 36.1 Å². The summed E-state index contributed by atoms with van der Waals surface area (Å²) in [7, 11) is 0. The van der Waals surface area contributed by atoms with Crippen LogP contribution in [0.25, 0.3) is 0 Å². The van der Waals surface area contributed by atoms with Crippen LogP contribution in [0.1, 0.15) is 45.0 Å². The van der Waals surface area contributed by atoms with Gasteiger partial charge in [0.2, 0.25) is 0 Å². The zero-order valence-corrected chi connectivity index (χ0v) is 13.3. The van der Waals surface area contributed by atoms with Gasteiger partial charge in [0.25, 0.3) is 5.91 Å². The van der Waals surface area contributed by atoms with Crippen LogP contribution in [0.2, 0.25) is 0 Å². The van der Waals surface area contributed by atoms with Gasteiger partial charge in [-0.1, -0.05) is 39.8 Å². The average Bonchev–Trinajstić information content (AvgIpc) is 2.37. The fourth-order valence-corrected chi connectivity index (χ4v) is 2.22. The number of carbonyl (C=O) groups is 1. The van der Waals surface area contributed by atoms with Crippen LogP contribution in [0, 0.1) is 11.8 Å². The number of hydrogen-bond donors (Lipinski definition) is 0.